The Bertz CT molecular complexity index is 348. The molecule has 2 rings (SSSR count). The third-order valence-electron chi connectivity index (χ3n) is 3.00. The molecule has 0 unspecified atom stereocenters. The van der Waals surface area contributed by atoms with E-state index in [0.29, 0.717) is 6.54 Å². The minimum Gasteiger partial charge on any atom is -0.212 e. The molecule has 2 fully saturated rings. The Morgan fingerprint density at radius 1 is 1.38 bits per heavy atom. The van der Waals surface area contributed by atoms with E-state index < -0.39 is 14.8 Å². The molecule has 0 amide bonds. The molecule has 4 heteroatoms. The zero-order chi connectivity index (χ0) is 9.53. The predicted molar refractivity (Wildman–Crippen MR) is 50.5 cm³/mol. The molecule has 0 radical (unpaired) electrons. The lowest BCUT2D eigenvalue weighted by atomic mass is 10.2. The van der Waals surface area contributed by atoms with E-state index in [-0.39, 0.29) is 6.54 Å². The molecule has 0 atom stereocenters. The molecule has 1 aliphatic heterocycles. The number of rotatable bonds is 1. The van der Waals surface area contributed by atoms with Crippen LogP contribution in [0, 0.1) is 12.3 Å². The monoisotopic (exact) mass is 199 g/mol. The van der Waals surface area contributed by atoms with Crippen LogP contribution in [-0.2, 0) is 10.0 Å². The van der Waals surface area contributed by atoms with Crippen LogP contribution in [0.1, 0.15) is 25.7 Å². The first-order valence-corrected chi connectivity index (χ1v) is 6.00. The number of hydrogen-bond donors (Lipinski definition) is 0. The molecule has 13 heavy (non-hydrogen) atoms. The van der Waals surface area contributed by atoms with Crippen molar-refractivity contribution in [2.24, 2.45) is 0 Å². The summed E-state index contributed by atoms with van der Waals surface area (Å²) >= 11 is 0. The van der Waals surface area contributed by atoms with Crippen LogP contribution < -0.4 is 0 Å². The van der Waals surface area contributed by atoms with Crippen molar-refractivity contribution < 1.29 is 8.42 Å². The summed E-state index contributed by atoms with van der Waals surface area (Å²) in [6.07, 6.45) is 8.58. The maximum Gasteiger partial charge on any atom is 0.220 e. The summed E-state index contributed by atoms with van der Waals surface area (Å²) in [6, 6.07) is 0. The number of terminal acetylenes is 1. The SMILES string of the molecule is C#CCN1CCCC2(CC2)S1(=O)=O. The molecule has 1 heterocycles. The lowest BCUT2D eigenvalue weighted by Crippen LogP contribution is -2.45. The molecule has 2 aliphatic rings. The fraction of sp³-hybridized carbons (Fsp3) is 0.778. The number of hydrogen-bond acceptors (Lipinski definition) is 2. The molecular weight excluding hydrogens is 186 g/mol. The molecule has 0 aromatic carbocycles. The average Bonchev–Trinajstić information content (AvgIpc) is 2.82. The average molecular weight is 199 g/mol. The molecule has 0 bridgehead atoms. The molecular formula is C9H13NO2S. The van der Waals surface area contributed by atoms with Gasteiger partial charge in [0.05, 0.1) is 11.3 Å². The third-order valence-corrected chi connectivity index (χ3v) is 5.70. The van der Waals surface area contributed by atoms with Crippen molar-refractivity contribution in [2.45, 2.75) is 30.4 Å². The van der Waals surface area contributed by atoms with Crippen molar-refractivity contribution in [2.75, 3.05) is 13.1 Å². The van der Waals surface area contributed by atoms with Crippen molar-refractivity contribution in [1.29, 1.82) is 0 Å². The summed E-state index contributed by atoms with van der Waals surface area (Å²) < 4.78 is 24.9. The highest BCUT2D eigenvalue weighted by Gasteiger charge is 2.57. The smallest absolute Gasteiger partial charge is 0.212 e. The highest BCUT2D eigenvalue weighted by molar-refractivity contribution is 7.90. The van der Waals surface area contributed by atoms with E-state index in [1.54, 1.807) is 0 Å². The summed E-state index contributed by atoms with van der Waals surface area (Å²) in [5.74, 6) is 2.41. The summed E-state index contributed by atoms with van der Waals surface area (Å²) in [4.78, 5) is 0. The second-order valence-corrected chi connectivity index (χ2v) is 6.16. The van der Waals surface area contributed by atoms with Gasteiger partial charge in [0.2, 0.25) is 10.0 Å². The van der Waals surface area contributed by atoms with E-state index in [1.807, 2.05) is 0 Å². The second kappa shape index (κ2) is 2.73. The van der Waals surface area contributed by atoms with Gasteiger partial charge in [-0.1, -0.05) is 5.92 Å². The lowest BCUT2D eigenvalue weighted by Gasteiger charge is -2.31. The molecule has 0 aromatic heterocycles. The van der Waals surface area contributed by atoms with Crippen LogP contribution in [0.3, 0.4) is 0 Å². The van der Waals surface area contributed by atoms with Crippen molar-refractivity contribution in [3.8, 4) is 12.3 Å². The number of nitrogens with zero attached hydrogens (tertiary/aromatic N) is 1. The summed E-state index contributed by atoms with van der Waals surface area (Å²) in [5.41, 5.74) is 0. The second-order valence-electron chi connectivity index (χ2n) is 3.83. The zero-order valence-corrected chi connectivity index (χ0v) is 8.31. The fourth-order valence-electron chi connectivity index (χ4n) is 2.01. The minimum atomic E-state index is -3.06. The van der Waals surface area contributed by atoms with Crippen LogP contribution in [0.5, 0.6) is 0 Å². The van der Waals surface area contributed by atoms with Gasteiger partial charge in [0, 0.05) is 6.54 Å². The van der Waals surface area contributed by atoms with Crippen LogP contribution in [0.2, 0.25) is 0 Å². The molecule has 3 nitrogen and oxygen atoms in total. The molecule has 1 saturated heterocycles. The van der Waals surface area contributed by atoms with Crippen LogP contribution in [0.4, 0.5) is 0 Å². The molecule has 1 saturated carbocycles. The third kappa shape index (κ3) is 1.18. The Balaban J connectivity index is 2.27. The summed E-state index contributed by atoms with van der Waals surface area (Å²) in [6.45, 7) is 0.846. The van der Waals surface area contributed by atoms with Crippen LogP contribution in [0.25, 0.3) is 0 Å². The van der Waals surface area contributed by atoms with Crippen molar-refractivity contribution in [3.63, 3.8) is 0 Å². The summed E-state index contributed by atoms with van der Waals surface area (Å²) in [7, 11) is -3.06. The minimum absolute atomic E-state index is 0.240. The van der Waals surface area contributed by atoms with Crippen LogP contribution >= 0.6 is 0 Å². The normalized spacial score (nSPS) is 29.8. The maximum absolute atomic E-state index is 11.9. The van der Waals surface area contributed by atoms with Gasteiger partial charge in [-0.05, 0) is 25.7 Å². The first kappa shape index (κ1) is 9.04. The van der Waals surface area contributed by atoms with Crippen LogP contribution in [-0.4, -0.2) is 30.6 Å². The Morgan fingerprint density at radius 2 is 2.08 bits per heavy atom. The van der Waals surface area contributed by atoms with E-state index >= 15 is 0 Å². The zero-order valence-electron chi connectivity index (χ0n) is 7.49. The Hall–Kier alpha value is -0.530. The Kier molecular flexibility index (Phi) is 1.90. The molecule has 0 aromatic rings. The van der Waals surface area contributed by atoms with Crippen molar-refractivity contribution in [1.82, 2.24) is 4.31 Å². The first-order valence-electron chi connectivity index (χ1n) is 4.56. The topological polar surface area (TPSA) is 37.4 Å². The highest BCUT2D eigenvalue weighted by atomic mass is 32.2. The largest absolute Gasteiger partial charge is 0.220 e. The summed E-state index contributed by atoms with van der Waals surface area (Å²) in [5, 5.41) is 0. The van der Waals surface area contributed by atoms with E-state index in [4.69, 9.17) is 6.42 Å². The number of sulfonamides is 1. The van der Waals surface area contributed by atoms with E-state index in [1.165, 1.54) is 4.31 Å². The quantitative estimate of drug-likeness (QED) is 0.579. The predicted octanol–water partition coefficient (Wildman–Crippen LogP) is 0.578. The van der Waals surface area contributed by atoms with Crippen molar-refractivity contribution >= 4 is 10.0 Å². The van der Waals surface area contributed by atoms with Gasteiger partial charge in [-0.15, -0.1) is 6.42 Å². The van der Waals surface area contributed by atoms with Crippen molar-refractivity contribution in [3.05, 3.63) is 0 Å². The van der Waals surface area contributed by atoms with Gasteiger partial charge < -0.3 is 0 Å². The van der Waals surface area contributed by atoms with Gasteiger partial charge >= 0.3 is 0 Å². The molecule has 1 aliphatic carbocycles. The Labute approximate surface area is 79.2 Å². The molecule has 72 valence electrons. The van der Waals surface area contributed by atoms with Gasteiger partial charge in [0.25, 0.3) is 0 Å². The highest BCUT2D eigenvalue weighted by Crippen LogP contribution is 2.50. The fourth-order valence-corrected chi connectivity index (χ4v) is 4.20. The van der Waals surface area contributed by atoms with Gasteiger partial charge in [-0.25, -0.2) is 8.42 Å². The molecule has 1 spiro atoms. The van der Waals surface area contributed by atoms with E-state index in [2.05, 4.69) is 5.92 Å². The first-order chi connectivity index (χ1) is 6.12. The maximum atomic E-state index is 11.9. The Morgan fingerprint density at radius 3 is 2.62 bits per heavy atom. The van der Waals surface area contributed by atoms with E-state index in [0.717, 1.165) is 25.7 Å². The van der Waals surface area contributed by atoms with E-state index in [9.17, 15) is 8.42 Å². The molecule has 0 N–H and O–H groups in total. The van der Waals surface area contributed by atoms with Gasteiger partial charge in [0.15, 0.2) is 0 Å². The lowest BCUT2D eigenvalue weighted by molar-refractivity contribution is 0.385. The van der Waals surface area contributed by atoms with Gasteiger partial charge in [-0.3, -0.25) is 0 Å². The van der Waals surface area contributed by atoms with Gasteiger partial charge in [-0.2, -0.15) is 4.31 Å². The van der Waals surface area contributed by atoms with Gasteiger partial charge in [0.1, 0.15) is 0 Å². The van der Waals surface area contributed by atoms with Crippen LogP contribution in [0.15, 0.2) is 0 Å². The standard InChI is InChI=1S/C9H13NO2S/c1-2-7-10-8-3-4-9(5-6-9)13(10,11)12/h1H,3-8H2.